The molecular formula is C17H20FN3. The van der Waals surface area contributed by atoms with Crippen LogP contribution in [-0.2, 0) is 0 Å². The summed E-state index contributed by atoms with van der Waals surface area (Å²) in [6.07, 6.45) is 8.71. The lowest BCUT2D eigenvalue weighted by atomic mass is 9.93. The van der Waals surface area contributed by atoms with Crippen molar-refractivity contribution >= 4 is 0 Å². The summed E-state index contributed by atoms with van der Waals surface area (Å²) in [6.45, 7) is 2.12. The van der Waals surface area contributed by atoms with Crippen LogP contribution in [-0.4, -0.2) is 16.0 Å². The molecule has 0 radical (unpaired) electrons. The Balaban J connectivity index is 1.71. The number of hydrogen-bond donors (Lipinski definition) is 1. The summed E-state index contributed by atoms with van der Waals surface area (Å²) in [5.74, 6) is 0.277. The third kappa shape index (κ3) is 3.27. The van der Waals surface area contributed by atoms with Crippen molar-refractivity contribution in [1.82, 2.24) is 15.3 Å². The smallest absolute Gasteiger partial charge is 0.123 e. The van der Waals surface area contributed by atoms with Crippen molar-refractivity contribution in [2.24, 2.45) is 0 Å². The quantitative estimate of drug-likeness (QED) is 0.932. The molecule has 0 amide bonds. The normalized spacial score (nSPS) is 23.1. The van der Waals surface area contributed by atoms with Crippen molar-refractivity contribution in [2.45, 2.75) is 44.2 Å². The lowest BCUT2D eigenvalue weighted by molar-refractivity contribution is 0.422. The van der Waals surface area contributed by atoms with Gasteiger partial charge in [0.05, 0.1) is 5.69 Å². The Labute approximate surface area is 124 Å². The van der Waals surface area contributed by atoms with Crippen molar-refractivity contribution in [3.63, 3.8) is 0 Å². The fourth-order valence-corrected chi connectivity index (χ4v) is 3.21. The second-order valence-electron chi connectivity index (χ2n) is 5.71. The molecule has 0 aliphatic heterocycles. The molecule has 1 aromatic heterocycles. The summed E-state index contributed by atoms with van der Waals surface area (Å²) in [4.78, 5) is 8.48. The summed E-state index contributed by atoms with van der Waals surface area (Å²) in [5.41, 5.74) is 2.18. The van der Waals surface area contributed by atoms with E-state index in [1.165, 1.54) is 12.0 Å². The van der Waals surface area contributed by atoms with Gasteiger partial charge in [-0.3, -0.25) is 9.97 Å². The molecule has 2 aromatic rings. The largest absolute Gasteiger partial charge is 0.305 e. The van der Waals surface area contributed by atoms with Crippen LogP contribution in [0.4, 0.5) is 4.39 Å². The first-order chi connectivity index (χ1) is 10.2. The second-order valence-corrected chi connectivity index (χ2v) is 5.71. The third-order valence-corrected chi connectivity index (χ3v) is 4.30. The lowest BCUT2D eigenvalue weighted by Gasteiger charge is -2.25. The van der Waals surface area contributed by atoms with Gasteiger partial charge in [-0.1, -0.05) is 18.6 Å². The average molecular weight is 285 g/mol. The molecule has 1 aliphatic carbocycles. The van der Waals surface area contributed by atoms with Gasteiger partial charge in [0.15, 0.2) is 0 Å². The zero-order valence-electron chi connectivity index (χ0n) is 12.2. The van der Waals surface area contributed by atoms with E-state index in [4.69, 9.17) is 0 Å². The molecular weight excluding hydrogens is 265 g/mol. The Morgan fingerprint density at radius 3 is 2.71 bits per heavy atom. The van der Waals surface area contributed by atoms with Gasteiger partial charge in [-0.15, -0.1) is 0 Å². The highest BCUT2D eigenvalue weighted by Gasteiger charge is 2.29. The fourth-order valence-electron chi connectivity index (χ4n) is 3.21. The predicted molar refractivity (Wildman–Crippen MR) is 80.4 cm³/mol. The Hall–Kier alpha value is -1.81. The van der Waals surface area contributed by atoms with Gasteiger partial charge in [-0.2, -0.15) is 0 Å². The summed E-state index contributed by atoms with van der Waals surface area (Å²) in [6, 6.07) is 7.50. The first-order valence-corrected chi connectivity index (χ1v) is 7.51. The van der Waals surface area contributed by atoms with Crippen molar-refractivity contribution < 1.29 is 4.39 Å². The van der Waals surface area contributed by atoms with Crippen molar-refractivity contribution in [3.8, 4) is 0 Å². The maximum Gasteiger partial charge on any atom is 0.123 e. The van der Waals surface area contributed by atoms with E-state index in [0.717, 1.165) is 18.5 Å². The van der Waals surface area contributed by atoms with Gasteiger partial charge in [0.25, 0.3) is 0 Å². The van der Waals surface area contributed by atoms with Gasteiger partial charge < -0.3 is 5.32 Å². The number of rotatable bonds is 4. The molecule has 3 atom stereocenters. The van der Waals surface area contributed by atoms with Crippen LogP contribution in [0.3, 0.4) is 0 Å². The highest BCUT2D eigenvalue weighted by atomic mass is 19.1. The van der Waals surface area contributed by atoms with Crippen LogP contribution in [0, 0.1) is 5.82 Å². The number of hydrogen-bond acceptors (Lipinski definition) is 3. The van der Waals surface area contributed by atoms with Gasteiger partial charge in [-0.05, 0) is 43.4 Å². The van der Waals surface area contributed by atoms with E-state index in [0.29, 0.717) is 12.0 Å². The van der Waals surface area contributed by atoms with Gasteiger partial charge >= 0.3 is 0 Å². The Bertz CT molecular complexity index is 570. The minimum Gasteiger partial charge on any atom is -0.305 e. The van der Waals surface area contributed by atoms with E-state index in [1.807, 2.05) is 12.1 Å². The first kappa shape index (κ1) is 14.1. The zero-order chi connectivity index (χ0) is 14.7. The summed E-state index contributed by atoms with van der Waals surface area (Å²) >= 11 is 0. The predicted octanol–water partition coefficient (Wildman–Crippen LogP) is 3.60. The molecule has 110 valence electrons. The Morgan fingerprint density at radius 2 is 2.00 bits per heavy atom. The molecule has 0 spiro atoms. The minimum absolute atomic E-state index is 0.171. The number of benzene rings is 1. The second kappa shape index (κ2) is 6.31. The lowest BCUT2D eigenvalue weighted by Crippen LogP contribution is -2.33. The molecule has 0 unspecified atom stereocenters. The van der Waals surface area contributed by atoms with Crippen LogP contribution in [0.25, 0.3) is 0 Å². The monoisotopic (exact) mass is 285 g/mol. The molecule has 1 N–H and O–H groups in total. The van der Waals surface area contributed by atoms with Crippen LogP contribution in [0.1, 0.15) is 49.4 Å². The van der Waals surface area contributed by atoms with E-state index in [1.54, 1.807) is 30.7 Å². The average Bonchev–Trinajstić information content (AvgIpc) is 2.97. The SMILES string of the molecule is C[C@H](N[C@@H]1CCC[C@H]1c1ccc(F)cc1)c1cnccn1. The minimum atomic E-state index is -0.172. The maximum atomic E-state index is 13.1. The topological polar surface area (TPSA) is 37.8 Å². The van der Waals surface area contributed by atoms with Crippen LogP contribution in [0.5, 0.6) is 0 Å². The molecule has 1 aromatic carbocycles. The van der Waals surface area contributed by atoms with E-state index in [-0.39, 0.29) is 11.9 Å². The molecule has 1 fully saturated rings. The summed E-state index contributed by atoms with van der Waals surface area (Å²) in [7, 11) is 0. The number of aromatic nitrogens is 2. The zero-order valence-corrected chi connectivity index (χ0v) is 12.2. The Kier molecular flexibility index (Phi) is 4.25. The number of nitrogens with zero attached hydrogens (tertiary/aromatic N) is 2. The standard InChI is InChI=1S/C17H20FN3/c1-12(17-11-19-9-10-20-17)21-16-4-2-3-15(16)13-5-7-14(18)8-6-13/h5-12,15-16,21H,2-4H2,1H3/t12-,15-,16+/m0/s1. The molecule has 1 aliphatic rings. The van der Waals surface area contributed by atoms with Crippen LogP contribution < -0.4 is 5.32 Å². The van der Waals surface area contributed by atoms with E-state index >= 15 is 0 Å². The fraction of sp³-hybridized carbons (Fsp3) is 0.412. The van der Waals surface area contributed by atoms with Crippen molar-refractivity contribution in [3.05, 3.63) is 59.9 Å². The Morgan fingerprint density at radius 1 is 1.19 bits per heavy atom. The first-order valence-electron chi connectivity index (χ1n) is 7.51. The molecule has 3 rings (SSSR count). The van der Waals surface area contributed by atoms with Gasteiger partial charge in [0.2, 0.25) is 0 Å². The van der Waals surface area contributed by atoms with Gasteiger partial charge in [-0.25, -0.2) is 4.39 Å². The molecule has 21 heavy (non-hydrogen) atoms. The molecule has 1 heterocycles. The van der Waals surface area contributed by atoms with E-state index < -0.39 is 0 Å². The maximum absolute atomic E-state index is 13.1. The molecule has 4 heteroatoms. The van der Waals surface area contributed by atoms with Crippen LogP contribution in [0.2, 0.25) is 0 Å². The third-order valence-electron chi connectivity index (χ3n) is 4.30. The summed E-state index contributed by atoms with van der Waals surface area (Å²) in [5, 5.41) is 3.66. The number of nitrogens with one attached hydrogen (secondary N) is 1. The number of halogens is 1. The van der Waals surface area contributed by atoms with Crippen LogP contribution >= 0.6 is 0 Å². The molecule has 1 saturated carbocycles. The molecule has 0 saturated heterocycles. The van der Waals surface area contributed by atoms with Crippen molar-refractivity contribution in [2.75, 3.05) is 0 Å². The van der Waals surface area contributed by atoms with Gasteiger partial charge in [0, 0.05) is 30.7 Å². The molecule has 0 bridgehead atoms. The van der Waals surface area contributed by atoms with Crippen LogP contribution in [0.15, 0.2) is 42.9 Å². The highest BCUT2D eigenvalue weighted by Crippen LogP contribution is 2.35. The van der Waals surface area contributed by atoms with E-state index in [2.05, 4.69) is 22.2 Å². The highest BCUT2D eigenvalue weighted by molar-refractivity contribution is 5.23. The molecule has 3 nitrogen and oxygen atoms in total. The van der Waals surface area contributed by atoms with Gasteiger partial charge in [0.1, 0.15) is 5.82 Å². The van der Waals surface area contributed by atoms with Crippen molar-refractivity contribution in [1.29, 1.82) is 0 Å². The van der Waals surface area contributed by atoms with E-state index in [9.17, 15) is 4.39 Å². The summed E-state index contributed by atoms with van der Waals surface area (Å²) < 4.78 is 13.1.